The lowest BCUT2D eigenvalue weighted by Gasteiger charge is -2.30. The molecule has 3 aromatic carbocycles. The highest BCUT2D eigenvalue weighted by molar-refractivity contribution is 7.99. The predicted octanol–water partition coefficient (Wildman–Crippen LogP) is 5.79. The number of ether oxygens (including phenoxy) is 1. The second-order valence-electron chi connectivity index (χ2n) is 10.9. The Kier molecular flexibility index (Phi) is 13.0. The fraction of sp³-hybridized carbons (Fsp3) is 0.286. The summed E-state index contributed by atoms with van der Waals surface area (Å²) in [6.07, 6.45) is 4.82. The summed E-state index contributed by atoms with van der Waals surface area (Å²) < 4.78 is 7.72. The molecule has 0 radical (unpaired) electrons. The Balaban J connectivity index is 0.00000167. The summed E-state index contributed by atoms with van der Waals surface area (Å²) in [6.45, 7) is 5.58. The summed E-state index contributed by atoms with van der Waals surface area (Å²) in [5.41, 5.74) is 6.10. The van der Waals surface area contributed by atoms with Crippen molar-refractivity contribution < 1.29 is 33.8 Å². The number of carboxylic acid groups (broad SMARTS) is 1. The lowest BCUT2D eigenvalue weighted by Crippen LogP contribution is -2.35. The first-order valence-corrected chi connectivity index (χ1v) is 16.6. The summed E-state index contributed by atoms with van der Waals surface area (Å²) in [5, 5.41) is 16.3. The number of carbonyl (C=O) groups excluding carboxylic acids is 4. The highest BCUT2D eigenvalue weighted by Gasteiger charge is 2.25. The van der Waals surface area contributed by atoms with Gasteiger partial charge < -0.3 is 20.1 Å². The zero-order valence-electron chi connectivity index (χ0n) is 26.5. The average Bonchev–Trinajstić information content (AvgIpc) is 3.53. The van der Waals surface area contributed by atoms with Gasteiger partial charge in [0.15, 0.2) is 0 Å². The fourth-order valence-electron chi connectivity index (χ4n) is 5.18. The normalized spacial score (nSPS) is 11.9. The van der Waals surface area contributed by atoms with Crippen LogP contribution in [0.2, 0.25) is 5.02 Å². The maximum absolute atomic E-state index is 13.3. The fourth-order valence-corrected chi connectivity index (χ4v) is 6.59. The van der Waals surface area contributed by atoms with E-state index in [1.807, 2.05) is 54.4 Å². The summed E-state index contributed by atoms with van der Waals surface area (Å²) in [4.78, 5) is 55.8. The van der Waals surface area contributed by atoms with Crippen molar-refractivity contribution >= 4 is 53.0 Å². The lowest BCUT2D eigenvalue weighted by molar-refractivity contribution is -0.191. The van der Waals surface area contributed by atoms with E-state index in [1.165, 1.54) is 5.56 Å². The third-order valence-electron chi connectivity index (χ3n) is 7.72. The minimum Gasteiger partial charge on any atom is -0.493 e. The van der Waals surface area contributed by atoms with E-state index in [4.69, 9.17) is 31.0 Å². The monoisotopic (exact) mass is 690 g/mol. The van der Waals surface area contributed by atoms with Crippen molar-refractivity contribution in [2.45, 2.75) is 44.6 Å². The summed E-state index contributed by atoms with van der Waals surface area (Å²) in [6, 6.07) is 17.2. The molecule has 48 heavy (non-hydrogen) atoms. The first-order chi connectivity index (χ1) is 23.1. The number of carbonyl (C=O) groups is 3. The predicted molar refractivity (Wildman–Crippen MR) is 182 cm³/mol. The van der Waals surface area contributed by atoms with Crippen LogP contribution in [0.4, 0.5) is 5.69 Å². The van der Waals surface area contributed by atoms with Crippen LogP contribution in [0.15, 0.2) is 71.9 Å². The molecule has 4 aromatic rings. The number of hydrogen-bond acceptors (Lipinski definition) is 8. The van der Waals surface area contributed by atoms with E-state index in [0.29, 0.717) is 43.1 Å². The van der Waals surface area contributed by atoms with Crippen molar-refractivity contribution in [3.05, 3.63) is 94.3 Å². The van der Waals surface area contributed by atoms with Crippen LogP contribution >= 0.6 is 23.4 Å². The second kappa shape index (κ2) is 17.3. The van der Waals surface area contributed by atoms with Crippen molar-refractivity contribution in [2.24, 2.45) is 0 Å². The number of halogens is 1. The van der Waals surface area contributed by atoms with E-state index in [0.717, 1.165) is 38.8 Å². The Labute approximate surface area is 287 Å². The largest absolute Gasteiger partial charge is 0.493 e. The molecule has 1 aromatic heterocycles. The van der Waals surface area contributed by atoms with Crippen LogP contribution in [-0.4, -0.2) is 64.3 Å². The molecule has 2 N–H and O–H groups in total. The first-order valence-electron chi connectivity index (χ1n) is 15.2. The highest BCUT2D eigenvalue weighted by atomic mass is 35.5. The van der Waals surface area contributed by atoms with Gasteiger partial charge in [0.25, 0.3) is 5.91 Å². The number of aromatic nitrogens is 2. The molecule has 1 aliphatic heterocycles. The standard InChI is InChI=1S/C34H35ClN4O5S.CO2/c1-22-7-3-12-29(23(22)2)44-17-6-13-30(40)39-16-18-45-33-26(9-5-11-28(33)39)25-19-37-38(21-25)20-24-8-4-10-27(32(24)35)34(43)36-15-14-31(41)42;2-1-3/h3-5,7-12,19,21H,6,13-18,20H2,1-2H3,(H,36,43)(H,41,42);. The van der Waals surface area contributed by atoms with Gasteiger partial charge in [0, 0.05) is 47.5 Å². The van der Waals surface area contributed by atoms with E-state index in [9.17, 15) is 14.4 Å². The Bertz CT molecular complexity index is 1820. The third-order valence-corrected chi connectivity index (χ3v) is 9.27. The maximum atomic E-state index is 13.3. The zero-order valence-corrected chi connectivity index (χ0v) is 28.1. The minimum absolute atomic E-state index is 0.0157. The molecule has 2 amide bonds. The molecule has 250 valence electrons. The van der Waals surface area contributed by atoms with Gasteiger partial charge in [-0.15, -0.1) is 11.8 Å². The van der Waals surface area contributed by atoms with Crippen LogP contribution in [0.5, 0.6) is 5.75 Å². The van der Waals surface area contributed by atoms with Crippen molar-refractivity contribution in [3.8, 4) is 16.9 Å². The van der Waals surface area contributed by atoms with Crippen molar-refractivity contribution in [3.63, 3.8) is 0 Å². The SMILES string of the molecule is Cc1cccc(OCCCC(=O)N2CCSc3c(-c4cnn(Cc5cccc(C(=O)NCCC(=O)O)c5Cl)c4)cccc32)c1C.O=C=O. The molecule has 0 saturated carbocycles. The number of anilines is 1. The zero-order chi connectivity index (χ0) is 34.6. The molecule has 0 saturated heterocycles. The molecule has 0 bridgehead atoms. The molecule has 0 aliphatic carbocycles. The van der Waals surface area contributed by atoms with Gasteiger partial charge in [0.05, 0.1) is 42.0 Å². The molecule has 1 aliphatic rings. The van der Waals surface area contributed by atoms with Gasteiger partial charge in [-0.25, -0.2) is 0 Å². The Morgan fingerprint density at radius 3 is 2.58 bits per heavy atom. The van der Waals surface area contributed by atoms with Crippen LogP contribution in [0.25, 0.3) is 11.1 Å². The van der Waals surface area contributed by atoms with Crippen LogP contribution in [0.1, 0.15) is 46.3 Å². The average molecular weight is 691 g/mol. The van der Waals surface area contributed by atoms with Crippen LogP contribution in [0, 0.1) is 13.8 Å². The second-order valence-corrected chi connectivity index (χ2v) is 12.4. The Hall–Kier alpha value is -4.90. The number of benzene rings is 3. The molecule has 11 nitrogen and oxygen atoms in total. The number of nitrogens with one attached hydrogen (secondary N) is 1. The molecule has 2 heterocycles. The molecule has 13 heteroatoms. The van der Waals surface area contributed by atoms with Crippen molar-refractivity contribution in [1.29, 1.82) is 0 Å². The third kappa shape index (κ3) is 9.13. The van der Waals surface area contributed by atoms with Gasteiger partial charge in [-0.1, -0.05) is 48.0 Å². The minimum atomic E-state index is -0.989. The quantitative estimate of drug-likeness (QED) is 0.176. The van der Waals surface area contributed by atoms with Crippen LogP contribution in [-0.2, 0) is 25.7 Å². The number of thioether (sulfide) groups is 1. The number of rotatable bonds is 12. The van der Waals surface area contributed by atoms with E-state index in [1.54, 1.807) is 34.8 Å². The Morgan fingerprint density at radius 1 is 1.06 bits per heavy atom. The number of fused-ring (bicyclic) bond motifs is 1. The van der Waals surface area contributed by atoms with Gasteiger partial charge in [0.2, 0.25) is 5.91 Å². The highest BCUT2D eigenvalue weighted by Crippen LogP contribution is 2.42. The Morgan fingerprint density at radius 2 is 1.81 bits per heavy atom. The van der Waals surface area contributed by atoms with Gasteiger partial charge in [-0.3, -0.25) is 19.1 Å². The molecule has 5 rings (SSSR count). The van der Waals surface area contributed by atoms with Gasteiger partial charge in [0.1, 0.15) is 5.75 Å². The van der Waals surface area contributed by atoms with Crippen molar-refractivity contribution in [1.82, 2.24) is 15.1 Å². The topological polar surface area (TPSA) is 148 Å². The summed E-state index contributed by atoms with van der Waals surface area (Å²) in [7, 11) is 0. The molecule has 0 fully saturated rings. The molecule has 0 spiro atoms. The number of carboxylic acids is 1. The van der Waals surface area contributed by atoms with Gasteiger partial charge >= 0.3 is 12.1 Å². The molecular weight excluding hydrogens is 656 g/mol. The maximum Gasteiger partial charge on any atom is 0.373 e. The van der Waals surface area contributed by atoms with E-state index >= 15 is 0 Å². The number of hydrogen-bond donors (Lipinski definition) is 2. The van der Waals surface area contributed by atoms with E-state index in [-0.39, 0.29) is 30.6 Å². The summed E-state index contributed by atoms with van der Waals surface area (Å²) >= 11 is 8.31. The number of nitrogens with zero attached hydrogens (tertiary/aromatic N) is 3. The van der Waals surface area contributed by atoms with Crippen LogP contribution < -0.4 is 15.0 Å². The molecule has 0 atom stereocenters. The first kappa shape index (κ1) is 35.9. The molecule has 0 unspecified atom stereocenters. The summed E-state index contributed by atoms with van der Waals surface area (Å²) in [5.74, 6) is 0.318. The van der Waals surface area contributed by atoms with Crippen molar-refractivity contribution in [2.75, 3.05) is 30.3 Å². The lowest BCUT2D eigenvalue weighted by atomic mass is 10.1. The van der Waals surface area contributed by atoms with Gasteiger partial charge in [-0.2, -0.15) is 14.7 Å². The number of aliphatic carboxylic acids is 1. The van der Waals surface area contributed by atoms with E-state index in [2.05, 4.69) is 23.4 Å². The van der Waals surface area contributed by atoms with Crippen LogP contribution in [0.3, 0.4) is 0 Å². The smallest absolute Gasteiger partial charge is 0.373 e. The van der Waals surface area contributed by atoms with E-state index < -0.39 is 11.9 Å². The number of amides is 2. The molecular formula is C35H35ClN4O7S. The number of aryl methyl sites for hydroxylation is 1. The van der Waals surface area contributed by atoms with Gasteiger partial charge in [-0.05, 0) is 55.2 Å².